The van der Waals surface area contributed by atoms with Crippen LogP contribution >= 0.6 is 0 Å². The average molecular weight is 111 g/mol. The second kappa shape index (κ2) is 2.75. The fourth-order valence-electron chi connectivity index (χ4n) is 0.407. The van der Waals surface area contributed by atoms with E-state index in [0.29, 0.717) is 0 Å². The number of rotatable bonds is 1. The second-order valence-corrected chi connectivity index (χ2v) is 2.10. The van der Waals surface area contributed by atoms with Gasteiger partial charge in [-0.05, 0) is 7.05 Å². The number of carbonyl (C=O) groups excluding carboxylic acids is 1. The third-order valence-electron chi connectivity index (χ3n) is 0.842. The Bertz CT molecular complexity index is 80.4. The van der Waals surface area contributed by atoms with Gasteiger partial charge in [-0.1, -0.05) is 13.8 Å². The predicted molar refractivity (Wildman–Crippen MR) is 33.4 cm³/mol. The van der Waals surface area contributed by atoms with Crippen LogP contribution in [0.3, 0.4) is 0 Å². The minimum absolute atomic E-state index is 0.00463. The maximum absolute atomic E-state index is 10.6. The van der Waals surface area contributed by atoms with Crippen molar-refractivity contribution in [2.24, 2.45) is 5.92 Å². The zero-order valence-corrected chi connectivity index (χ0v) is 5.51. The Hall–Kier alpha value is -0.465. The lowest BCUT2D eigenvalue weighted by molar-refractivity contribution is -0.128. The molecule has 0 aromatic rings. The van der Waals surface area contributed by atoms with Gasteiger partial charge < -0.3 is 4.81 Å². The number of hydrogen-bond donors (Lipinski definition) is 0. The van der Waals surface area contributed by atoms with E-state index in [1.54, 1.807) is 7.05 Å². The summed E-state index contributed by atoms with van der Waals surface area (Å²) in [6.45, 7) is 3.62. The van der Waals surface area contributed by atoms with Crippen LogP contribution in [0.1, 0.15) is 13.8 Å². The summed E-state index contributed by atoms with van der Waals surface area (Å²) in [4.78, 5) is 11.7. The van der Waals surface area contributed by atoms with Crippen molar-refractivity contribution < 1.29 is 4.79 Å². The first-order chi connectivity index (χ1) is 3.55. The van der Waals surface area contributed by atoms with Crippen molar-refractivity contribution in [1.82, 2.24) is 4.81 Å². The molecule has 0 aliphatic heterocycles. The third-order valence-corrected chi connectivity index (χ3v) is 0.842. The molecule has 44 valence electrons. The van der Waals surface area contributed by atoms with Crippen LogP contribution in [0.25, 0.3) is 0 Å². The van der Waals surface area contributed by atoms with Gasteiger partial charge >= 0.3 is 0 Å². The molecule has 0 bridgehead atoms. The Morgan fingerprint density at radius 3 is 2.00 bits per heavy atom. The molecule has 0 spiro atoms. The van der Waals surface area contributed by atoms with Crippen LogP contribution in [0, 0.1) is 5.92 Å². The molecule has 0 aromatic heterocycles. The van der Waals surface area contributed by atoms with E-state index in [9.17, 15) is 4.79 Å². The smallest absolute Gasteiger partial charge is 0.230 e. The van der Waals surface area contributed by atoms with Gasteiger partial charge in [-0.25, -0.2) is 0 Å². The van der Waals surface area contributed by atoms with Gasteiger partial charge in [0, 0.05) is 5.92 Å². The van der Waals surface area contributed by atoms with E-state index in [1.165, 1.54) is 0 Å². The van der Waals surface area contributed by atoms with Crippen molar-refractivity contribution in [1.29, 1.82) is 0 Å². The van der Waals surface area contributed by atoms with Crippen molar-refractivity contribution in [3.05, 3.63) is 0 Å². The molecule has 0 aliphatic carbocycles. The molecule has 0 N–H and O–H groups in total. The first-order valence-corrected chi connectivity index (χ1v) is 2.58. The van der Waals surface area contributed by atoms with Crippen molar-refractivity contribution >= 4 is 13.9 Å². The number of amides is 1. The average Bonchev–Trinajstić information content (AvgIpc) is 1.64. The Labute approximate surface area is 51.3 Å². The van der Waals surface area contributed by atoms with Crippen LogP contribution in [0.2, 0.25) is 0 Å². The summed E-state index contributed by atoms with van der Waals surface area (Å²) in [5, 5.41) is 0. The highest BCUT2D eigenvalue weighted by molar-refractivity contribution is 6.14. The van der Waals surface area contributed by atoms with Gasteiger partial charge in [0.25, 0.3) is 0 Å². The van der Waals surface area contributed by atoms with E-state index in [4.69, 9.17) is 7.98 Å². The quantitative estimate of drug-likeness (QED) is 0.442. The maximum atomic E-state index is 10.6. The molecule has 1 amide bonds. The van der Waals surface area contributed by atoms with E-state index in [-0.39, 0.29) is 11.8 Å². The molecule has 0 fully saturated rings. The summed E-state index contributed by atoms with van der Waals surface area (Å²) in [5.41, 5.74) is 0. The summed E-state index contributed by atoms with van der Waals surface area (Å²) < 4.78 is 0. The van der Waals surface area contributed by atoms with E-state index >= 15 is 0 Å². The van der Waals surface area contributed by atoms with Crippen LogP contribution in [0.15, 0.2) is 0 Å². The fraction of sp³-hybridized carbons (Fsp3) is 0.800. The lowest BCUT2D eigenvalue weighted by atomic mass is 10.1. The molecule has 0 saturated carbocycles. The van der Waals surface area contributed by atoms with Gasteiger partial charge in [0.15, 0.2) is 0 Å². The second-order valence-electron chi connectivity index (χ2n) is 2.10. The molecule has 0 aliphatic rings. The zero-order chi connectivity index (χ0) is 6.73. The van der Waals surface area contributed by atoms with Crippen molar-refractivity contribution in [3.8, 4) is 0 Å². The molecule has 2 radical (unpaired) electrons. The number of nitrogens with zero attached hydrogens (tertiary/aromatic N) is 1. The molecule has 0 saturated heterocycles. The highest BCUT2D eigenvalue weighted by Gasteiger charge is 2.06. The van der Waals surface area contributed by atoms with E-state index in [0.717, 1.165) is 4.81 Å². The van der Waals surface area contributed by atoms with Gasteiger partial charge in [-0.2, -0.15) is 0 Å². The number of hydrogen-bond acceptors (Lipinski definition) is 1. The molecule has 0 aromatic carbocycles. The van der Waals surface area contributed by atoms with E-state index in [2.05, 4.69) is 0 Å². The Balaban J connectivity index is 3.65. The normalized spacial score (nSPS) is 9.50. The summed E-state index contributed by atoms with van der Waals surface area (Å²) in [7, 11) is 6.66. The first kappa shape index (κ1) is 7.53. The van der Waals surface area contributed by atoms with Gasteiger partial charge in [0.05, 0.1) is 0 Å². The van der Waals surface area contributed by atoms with Gasteiger partial charge in [0.1, 0.15) is 0 Å². The summed E-state index contributed by atoms with van der Waals surface area (Å²) in [6.07, 6.45) is 0. The lowest BCUT2D eigenvalue weighted by Crippen LogP contribution is -2.27. The molecule has 0 unspecified atom stereocenters. The Kier molecular flexibility index (Phi) is 2.59. The highest BCUT2D eigenvalue weighted by atomic mass is 16.2. The van der Waals surface area contributed by atoms with Crippen molar-refractivity contribution in [2.45, 2.75) is 13.8 Å². The largest absolute Gasteiger partial charge is 0.399 e. The Morgan fingerprint density at radius 2 is 2.00 bits per heavy atom. The minimum atomic E-state index is -0.0370. The molecule has 2 nitrogen and oxygen atoms in total. The summed E-state index contributed by atoms with van der Waals surface area (Å²) >= 11 is 0. The molecular weight excluding hydrogens is 101 g/mol. The van der Waals surface area contributed by atoms with Crippen LogP contribution in [-0.2, 0) is 4.79 Å². The van der Waals surface area contributed by atoms with Crippen molar-refractivity contribution in [3.63, 3.8) is 0 Å². The van der Waals surface area contributed by atoms with E-state index < -0.39 is 0 Å². The molecule has 8 heavy (non-hydrogen) atoms. The topological polar surface area (TPSA) is 20.3 Å². The van der Waals surface area contributed by atoms with Crippen molar-refractivity contribution in [2.75, 3.05) is 7.05 Å². The zero-order valence-electron chi connectivity index (χ0n) is 5.51. The number of carbonyl (C=O) groups is 1. The predicted octanol–water partition coefficient (Wildman–Crippen LogP) is 0.184. The van der Waals surface area contributed by atoms with Gasteiger partial charge in [0.2, 0.25) is 13.9 Å². The lowest BCUT2D eigenvalue weighted by Gasteiger charge is -2.12. The van der Waals surface area contributed by atoms with E-state index in [1.807, 2.05) is 13.8 Å². The summed E-state index contributed by atoms with van der Waals surface area (Å²) in [6, 6.07) is 0. The van der Waals surface area contributed by atoms with Gasteiger partial charge in [-0.15, -0.1) is 0 Å². The minimum Gasteiger partial charge on any atom is -0.399 e. The van der Waals surface area contributed by atoms with Crippen LogP contribution in [0.4, 0.5) is 0 Å². The Morgan fingerprint density at radius 1 is 1.62 bits per heavy atom. The standard InChI is InChI=1S/C5H10BNO/c1-4(2)5(8)7(3)6/h4H,1-3H3. The third kappa shape index (κ3) is 2.00. The van der Waals surface area contributed by atoms with Crippen LogP contribution in [-0.4, -0.2) is 25.7 Å². The highest BCUT2D eigenvalue weighted by Crippen LogP contribution is 1.94. The molecule has 0 heterocycles. The SMILES string of the molecule is [B]N(C)C(=O)C(C)C. The molecule has 3 heteroatoms. The molecule has 0 atom stereocenters. The molecule has 0 rings (SSSR count). The molecular formula is C5H10BNO. The van der Waals surface area contributed by atoms with Gasteiger partial charge in [-0.3, -0.25) is 4.79 Å². The van der Waals surface area contributed by atoms with Crippen LogP contribution in [0.5, 0.6) is 0 Å². The van der Waals surface area contributed by atoms with Crippen LogP contribution < -0.4 is 0 Å². The monoisotopic (exact) mass is 111 g/mol. The first-order valence-electron chi connectivity index (χ1n) is 2.58. The summed E-state index contributed by atoms with van der Waals surface area (Å²) in [5.74, 6) is -0.0324. The maximum Gasteiger partial charge on any atom is 0.230 e. The fourth-order valence-corrected chi connectivity index (χ4v) is 0.407.